The number of aliphatic imine (C=N–C) groups is 1. The monoisotopic (exact) mass is 439 g/mol. The van der Waals surface area contributed by atoms with Crippen LogP contribution in [0, 0.1) is 5.92 Å². The van der Waals surface area contributed by atoms with Crippen LogP contribution >= 0.6 is 11.3 Å². The number of ketones is 1. The first-order valence-electron chi connectivity index (χ1n) is 10.1. The number of thiophene rings is 1. The predicted molar refractivity (Wildman–Crippen MR) is 119 cm³/mol. The van der Waals surface area contributed by atoms with Crippen LogP contribution in [0.15, 0.2) is 52.0 Å². The molecular formula is C24H25NO5S. The molecule has 1 aliphatic carbocycles. The summed E-state index contributed by atoms with van der Waals surface area (Å²) in [6.45, 7) is 1.82. The highest BCUT2D eigenvalue weighted by Crippen LogP contribution is 2.49. The van der Waals surface area contributed by atoms with E-state index in [9.17, 15) is 9.59 Å². The van der Waals surface area contributed by atoms with Gasteiger partial charge in [0.15, 0.2) is 5.78 Å². The van der Waals surface area contributed by atoms with Crippen LogP contribution in [-0.2, 0) is 14.3 Å². The SMILES string of the molecule is COC(=O)C1C(C)=NC2=C(C(=O)CC(c3cccs3)C2)C1c1cc(OC)ccc1OC. The van der Waals surface area contributed by atoms with Crippen molar-refractivity contribution in [3.63, 3.8) is 0 Å². The quantitative estimate of drug-likeness (QED) is 0.641. The minimum Gasteiger partial charge on any atom is -0.497 e. The molecule has 162 valence electrons. The highest BCUT2D eigenvalue weighted by Gasteiger charge is 2.45. The van der Waals surface area contributed by atoms with Gasteiger partial charge in [0.1, 0.15) is 17.4 Å². The number of methoxy groups -OCH3 is 3. The summed E-state index contributed by atoms with van der Waals surface area (Å²) in [4.78, 5) is 32.3. The van der Waals surface area contributed by atoms with Gasteiger partial charge in [0.2, 0.25) is 0 Å². The fraction of sp³-hybridized carbons (Fsp3) is 0.375. The fourth-order valence-electron chi connectivity index (χ4n) is 4.64. The van der Waals surface area contributed by atoms with E-state index >= 15 is 0 Å². The predicted octanol–water partition coefficient (Wildman–Crippen LogP) is 4.51. The Morgan fingerprint density at radius 3 is 2.58 bits per heavy atom. The van der Waals surface area contributed by atoms with E-state index in [1.807, 2.05) is 24.4 Å². The molecule has 1 aliphatic heterocycles. The van der Waals surface area contributed by atoms with Crippen LogP contribution in [0.25, 0.3) is 0 Å². The zero-order chi connectivity index (χ0) is 22.1. The molecule has 7 heteroatoms. The number of ether oxygens (including phenoxy) is 3. The summed E-state index contributed by atoms with van der Waals surface area (Å²) in [5.74, 6) is -0.328. The molecule has 1 aromatic heterocycles. The third-order valence-corrected chi connectivity index (χ3v) is 7.10. The Morgan fingerprint density at radius 2 is 1.94 bits per heavy atom. The van der Waals surface area contributed by atoms with Crippen molar-refractivity contribution < 1.29 is 23.8 Å². The molecule has 2 aromatic rings. The maximum absolute atomic E-state index is 13.5. The zero-order valence-corrected chi connectivity index (χ0v) is 18.8. The molecule has 0 saturated carbocycles. The molecule has 1 aromatic carbocycles. The van der Waals surface area contributed by atoms with Crippen molar-refractivity contribution in [3.05, 3.63) is 57.4 Å². The highest BCUT2D eigenvalue weighted by molar-refractivity contribution is 7.10. The van der Waals surface area contributed by atoms with E-state index in [2.05, 4.69) is 6.07 Å². The molecule has 0 bridgehead atoms. The lowest BCUT2D eigenvalue weighted by atomic mass is 9.69. The standard InChI is InChI=1S/C24H25NO5S/c1-13-21(24(27)30-4)22(16-12-15(28-2)7-8-19(16)29-3)23-17(25-13)10-14(11-18(23)26)20-6-5-9-31-20/h5-9,12,14,21-22H,10-11H2,1-4H3. The molecule has 6 nitrogen and oxygen atoms in total. The van der Waals surface area contributed by atoms with Crippen LogP contribution in [0.1, 0.15) is 42.0 Å². The summed E-state index contributed by atoms with van der Waals surface area (Å²) >= 11 is 1.65. The molecular weight excluding hydrogens is 414 g/mol. The second-order valence-electron chi connectivity index (χ2n) is 7.74. The highest BCUT2D eigenvalue weighted by atomic mass is 32.1. The molecule has 0 fully saturated rings. The lowest BCUT2D eigenvalue weighted by Crippen LogP contribution is -2.37. The lowest BCUT2D eigenvalue weighted by molar-refractivity contribution is -0.143. The number of hydrogen-bond donors (Lipinski definition) is 0. The van der Waals surface area contributed by atoms with Crippen LogP contribution in [-0.4, -0.2) is 38.8 Å². The van der Waals surface area contributed by atoms with E-state index in [-0.39, 0.29) is 11.7 Å². The molecule has 0 saturated heterocycles. The first-order chi connectivity index (χ1) is 15.0. The van der Waals surface area contributed by atoms with Gasteiger partial charge in [-0.3, -0.25) is 14.6 Å². The summed E-state index contributed by atoms with van der Waals surface area (Å²) in [6.07, 6.45) is 1.06. The molecule has 0 spiro atoms. The number of carbonyl (C=O) groups is 2. The van der Waals surface area contributed by atoms with E-state index in [0.717, 1.165) is 11.3 Å². The normalized spacial score (nSPS) is 23.2. The van der Waals surface area contributed by atoms with Crippen molar-refractivity contribution in [1.29, 1.82) is 0 Å². The van der Waals surface area contributed by atoms with E-state index in [1.54, 1.807) is 37.7 Å². The number of esters is 1. The van der Waals surface area contributed by atoms with E-state index in [4.69, 9.17) is 19.2 Å². The summed E-state index contributed by atoms with van der Waals surface area (Å²) in [7, 11) is 4.51. The molecule has 3 atom stereocenters. The van der Waals surface area contributed by atoms with Crippen molar-refractivity contribution in [3.8, 4) is 11.5 Å². The number of rotatable bonds is 5. The van der Waals surface area contributed by atoms with E-state index in [0.29, 0.717) is 35.6 Å². The van der Waals surface area contributed by atoms with E-state index in [1.165, 1.54) is 12.0 Å². The summed E-state index contributed by atoms with van der Waals surface area (Å²) in [6, 6.07) is 9.49. The third-order valence-electron chi connectivity index (χ3n) is 6.06. The first-order valence-corrected chi connectivity index (χ1v) is 11.0. The number of carbonyl (C=O) groups excluding carboxylic acids is 2. The van der Waals surface area contributed by atoms with Crippen LogP contribution in [0.3, 0.4) is 0 Å². The third kappa shape index (κ3) is 3.78. The average molecular weight is 440 g/mol. The minimum atomic E-state index is -0.702. The van der Waals surface area contributed by atoms with E-state index < -0.39 is 17.8 Å². The largest absolute Gasteiger partial charge is 0.497 e. The van der Waals surface area contributed by atoms with Crippen molar-refractivity contribution >= 4 is 28.8 Å². The average Bonchev–Trinajstić information content (AvgIpc) is 3.32. The number of allylic oxidation sites excluding steroid dienone is 2. The second kappa shape index (κ2) is 8.67. The van der Waals surface area contributed by atoms with Crippen molar-refractivity contribution in [2.24, 2.45) is 10.9 Å². The van der Waals surface area contributed by atoms with Gasteiger partial charge in [-0.1, -0.05) is 6.07 Å². The Hall–Kier alpha value is -2.93. The maximum Gasteiger partial charge on any atom is 0.315 e. The van der Waals surface area contributed by atoms with Crippen molar-refractivity contribution in [1.82, 2.24) is 0 Å². The van der Waals surface area contributed by atoms with Gasteiger partial charge in [-0.2, -0.15) is 0 Å². The summed E-state index contributed by atoms with van der Waals surface area (Å²) < 4.78 is 16.1. The fourth-order valence-corrected chi connectivity index (χ4v) is 5.47. The van der Waals surface area contributed by atoms with Crippen LogP contribution < -0.4 is 9.47 Å². The van der Waals surface area contributed by atoms with Gasteiger partial charge >= 0.3 is 5.97 Å². The summed E-state index contributed by atoms with van der Waals surface area (Å²) in [5.41, 5.74) is 2.70. The van der Waals surface area contributed by atoms with Crippen LogP contribution in [0.4, 0.5) is 0 Å². The molecule has 0 amide bonds. The molecule has 4 rings (SSSR count). The first kappa shape index (κ1) is 21.3. The van der Waals surface area contributed by atoms with Gasteiger partial charge in [0, 0.05) is 45.7 Å². The minimum absolute atomic E-state index is 0.0136. The molecule has 3 unspecified atom stereocenters. The molecule has 2 aliphatic rings. The Morgan fingerprint density at radius 1 is 1.13 bits per heavy atom. The smallest absolute Gasteiger partial charge is 0.315 e. The number of hydrogen-bond acceptors (Lipinski definition) is 7. The number of nitrogens with zero attached hydrogens (tertiary/aromatic N) is 1. The Kier molecular flexibility index (Phi) is 5.96. The van der Waals surface area contributed by atoms with Crippen LogP contribution in [0.2, 0.25) is 0 Å². The lowest BCUT2D eigenvalue weighted by Gasteiger charge is -2.36. The number of Topliss-reactive ketones (excluding diaryl/α,β-unsaturated/α-hetero) is 1. The van der Waals surface area contributed by atoms with Gasteiger partial charge in [-0.05, 0) is 43.0 Å². The maximum atomic E-state index is 13.5. The number of benzene rings is 1. The molecule has 2 heterocycles. The van der Waals surface area contributed by atoms with Gasteiger partial charge < -0.3 is 14.2 Å². The van der Waals surface area contributed by atoms with Gasteiger partial charge in [-0.25, -0.2) is 0 Å². The Balaban J connectivity index is 1.89. The van der Waals surface area contributed by atoms with Crippen molar-refractivity contribution in [2.75, 3.05) is 21.3 Å². The molecule has 31 heavy (non-hydrogen) atoms. The zero-order valence-electron chi connectivity index (χ0n) is 18.0. The van der Waals surface area contributed by atoms with Crippen LogP contribution in [0.5, 0.6) is 11.5 Å². The Labute approximate surface area is 185 Å². The molecule has 0 radical (unpaired) electrons. The molecule has 0 N–H and O–H groups in total. The Bertz CT molecular complexity index is 1070. The van der Waals surface area contributed by atoms with Gasteiger partial charge in [-0.15, -0.1) is 11.3 Å². The second-order valence-corrected chi connectivity index (χ2v) is 8.72. The van der Waals surface area contributed by atoms with Gasteiger partial charge in [0.05, 0.1) is 21.3 Å². The topological polar surface area (TPSA) is 74.2 Å². The summed E-state index contributed by atoms with van der Waals surface area (Å²) in [5, 5.41) is 2.02. The van der Waals surface area contributed by atoms with Crippen molar-refractivity contribution in [2.45, 2.75) is 31.6 Å². The van der Waals surface area contributed by atoms with Gasteiger partial charge in [0.25, 0.3) is 0 Å².